The summed E-state index contributed by atoms with van der Waals surface area (Å²) in [5.41, 5.74) is 0. The van der Waals surface area contributed by atoms with Crippen LogP contribution in [-0.2, 0) is 4.79 Å². The maximum absolute atomic E-state index is 8.25. The van der Waals surface area contributed by atoms with E-state index in [1.54, 1.807) is 0 Å². The van der Waals surface area contributed by atoms with Crippen molar-refractivity contribution in [3.63, 3.8) is 0 Å². The van der Waals surface area contributed by atoms with Crippen molar-refractivity contribution < 1.29 is 19.9 Å². The standard InChI is InChI=1S/C13H30N.CH2O2.H2O/c1-5-8-11-14(4,12-9-6-2)13-10-7-3;2-1-3;/h5-13H2,1-4H3;1H,(H,2,3);1H2/q+1;;/p-1. The van der Waals surface area contributed by atoms with E-state index in [2.05, 4.69) is 27.8 Å². The van der Waals surface area contributed by atoms with Crippen molar-refractivity contribution in [2.24, 2.45) is 0 Å². The average molecular weight is 263 g/mol. The maximum atomic E-state index is 8.25. The molecule has 0 fully saturated rings. The van der Waals surface area contributed by atoms with Crippen LogP contribution in [0.3, 0.4) is 0 Å². The minimum Gasteiger partial charge on any atom is -0.554 e. The highest BCUT2D eigenvalue weighted by molar-refractivity contribution is 5.29. The predicted octanol–water partition coefficient (Wildman–Crippen LogP) is 1.37. The van der Waals surface area contributed by atoms with E-state index >= 15 is 0 Å². The molecule has 0 aromatic heterocycles. The zero-order chi connectivity index (χ0) is 13.6. The molecular weight excluding hydrogens is 230 g/mol. The molecule has 0 saturated heterocycles. The van der Waals surface area contributed by atoms with Gasteiger partial charge in [0.05, 0.1) is 26.7 Å². The fraction of sp³-hybridized carbons (Fsp3) is 0.929. The van der Waals surface area contributed by atoms with Gasteiger partial charge in [-0.25, -0.2) is 0 Å². The molecule has 18 heavy (non-hydrogen) atoms. The largest absolute Gasteiger partial charge is 0.554 e. The zero-order valence-corrected chi connectivity index (χ0v) is 12.7. The van der Waals surface area contributed by atoms with Gasteiger partial charge in [-0.2, -0.15) is 0 Å². The van der Waals surface area contributed by atoms with Gasteiger partial charge in [-0.3, -0.25) is 0 Å². The summed E-state index contributed by atoms with van der Waals surface area (Å²) in [5.74, 6) is 0. The SMILES string of the molecule is CCCC[N+](C)(CCCC)CCCC.O.O=C[O-]. The van der Waals surface area contributed by atoms with Crippen molar-refractivity contribution in [1.29, 1.82) is 0 Å². The quantitative estimate of drug-likeness (QED) is 0.465. The van der Waals surface area contributed by atoms with Gasteiger partial charge in [-0.1, -0.05) is 40.0 Å². The van der Waals surface area contributed by atoms with Gasteiger partial charge in [0.15, 0.2) is 0 Å². The first-order chi connectivity index (χ1) is 8.10. The van der Waals surface area contributed by atoms with Crippen LogP contribution < -0.4 is 5.11 Å². The molecule has 0 rings (SSSR count). The summed E-state index contributed by atoms with van der Waals surface area (Å²) in [6.07, 6.45) is 8.20. The summed E-state index contributed by atoms with van der Waals surface area (Å²) in [4.78, 5) is 8.25. The Morgan fingerprint density at radius 2 is 1.11 bits per heavy atom. The summed E-state index contributed by atoms with van der Waals surface area (Å²) >= 11 is 0. The number of carbonyl (C=O) groups excluding carboxylic acids is 1. The van der Waals surface area contributed by atoms with Gasteiger partial charge in [0, 0.05) is 6.47 Å². The molecule has 0 aromatic carbocycles. The number of hydrogen-bond acceptors (Lipinski definition) is 2. The van der Waals surface area contributed by atoms with Gasteiger partial charge >= 0.3 is 0 Å². The Kier molecular flexibility index (Phi) is 20.5. The van der Waals surface area contributed by atoms with Crippen LogP contribution in [0.4, 0.5) is 0 Å². The van der Waals surface area contributed by atoms with Crippen molar-refractivity contribution in [3.8, 4) is 0 Å². The highest BCUT2D eigenvalue weighted by Gasteiger charge is 2.18. The van der Waals surface area contributed by atoms with E-state index in [1.807, 2.05) is 0 Å². The van der Waals surface area contributed by atoms with Crippen molar-refractivity contribution in [3.05, 3.63) is 0 Å². The number of nitrogens with zero attached hydrogens (tertiary/aromatic N) is 1. The number of hydrogen-bond donors (Lipinski definition) is 0. The summed E-state index contributed by atoms with van der Waals surface area (Å²) in [6, 6.07) is 0. The Morgan fingerprint density at radius 1 is 0.889 bits per heavy atom. The Morgan fingerprint density at radius 3 is 1.28 bits per heavy atom. The molecule has 0 aliphatic carbocycles. The van der Waals surface area contributed by atoms with Gasteiger partial charge < -0.3 is 19.9 Å². The van der Waals surface area contributed by atoms with E-state index in [-0.39, 0.29) is 5.48 Å². The molecular formula is C14H33NO3. The summed E-state index contributed by atoms with van der Waals surface area (Å²) in [5, 5.41) is 8.25. The molecule has 4 nitrogen and oxygen atoms in total. The fourth-order valence-electron chi connectivity index (χ4n) is 1.95. The van der Waals surface area contributed by atoms with Gasteiger partial charge in [-0.05, 0) is 19.3 Å². The van der Waals surface area contributed by atoms with Gasteiger partial charge in [0.2, 0.25) is 0 Å². The van der Waals surface area contributed by atoms with Crippen LogP contribution in [-0.4, -0.2) is 43.1 Å². The Hall–Kier alpha value is -0.610. The van der Waals surface area contributed by atoms with E-state index in [0.29, 0.717) is 0 Å². The monoisotopic (exact) mass is 263 g/mol. The van der Waals surface area contributed by atoms with Crippen LogP contribution >= 0.6 is 0 Å². The minimum absolute atomic E-state index is 0. The number of unbranched alkanes of at least 4 members (excludes halogenated alkanes) is 3. The molecule has 0 bridgehead atoms. The first-order valence-electron chi connectivity index (χ1n) is 6.99. The second kappa shape index (κ2) is 16.4. The van der Waals surface area contributed by atoms with Gasteiger partial charge in [-0.15, -0.1) is 0 Å². The average Bonchev–Trinajstić information content (AvgIpc) is 2.33. The van der Waals surface area contributed by atoms with Crippen LogP contribution in [0, 0.1) is 0 Å². The van der Waals surface area contributed by atoms with E-state index in [0.717, 1.165) is 0 Å². The van der Waals surface area contributed by atoms with Crippen molar-refractivity contribution >= 4 is 6.47 Å². The molecule has 0 unspecified atom stereocenters. The van der Waals surface area contributed by atoms with E-state index < -0.39 is 6.47 Å². The van der Waals surface area contributed by atoms with Gasteiger partial charge in [0.1, 0.15) is 0 Å². The second-order valence-corrected chi connectivity index (χ2v) is 4.95. The number of carboxylic acid groups (broad SMARTS) is 1. The molecule has 0 atom stereocenters. The lowest BCUT2D eigenvalue weighted by Crippen LogP contribution is -2.46. The van der Waals surface area contributed by atoms with Crippen LogP contribution in [0.25, 0.3) is 0 Å². The topological polar surface area (TPSA) is 71.6 Å². The third-order valence-corrected chi connectivity index (χ3v) is 3.15. The zero-order valence-electron chi connectivity index (χ0n) is 12.7. The highest BCUT2D eigenvalue weighted by atomic mass is 16.3. The molecule has 0 spiro atoms. The van der Waals surface area contributed by atoms with E-state index in [9.17, 15) is 0 Å². The molecule has 0 heterocycles. The Labute approximate surface area is 113 Å². The van der Waals surface area contributed by atoms with Crippen molar-refractivity contribution in [2.75, 3.05) is 26.7 Å². The summed E-state index contributed by atoms with van der Waals surface area (Å²) < 4.78 is 1.32. The lowest BCUT2D eigenvalue weighted by atomic mass is 10.2. The third kappa shape index (κ3) is 15.4. The predicted molar refractivity (Wildman–Crippen MR) is 75.2 cm³/mol. The lowest BCUT2D eigenvalue weighted by molar-refractivity contribution is -0.910. The maximum Gasteiger partial charge on any atom is 0.0784 e. The highest BCUT2D eigenvalue weighted by Crippen LogP contribution is 2.10. The van der Waals surface area contributed by atoms with Crippen LogP contribution in [0.15, 0.2) is 0 Å². The molecule has 0 saturated carbocycles. The van der Waals surface area contributed by atoms with Gasteiger partial charge in [0.25, 0.3) is 0 Å². The molecule has 2 N–H and O–H groups in total. The normalized spacial score (nSPS) is 10.0. The summed E-state index contributed by atoms with van der Waals surface area (Å²) in [7, 11) is 2.45. The molecule has 0 radical (unpaired) electrons. The van der Waals surface area contributed by atoms with Crippen LogP contribution in [0.1, 0.15) is 59.3 Å². The smallest absolute Gasteiger partial charge is 0.0784 e. The molecule has 0 aliphatic heterocycles. The number of quaternary nitrogens is 1. The number of rotatable bonds is 9. The van der Waals surface area contributed by atoms with Crippen LogP contribution in [0.2, 0.25) is 0 Å². The summed E-state index contributed by atoms with van der Waals surface area (Å²) in [6.45, 7) is 10.5. The van der Waals surface area contributed by atoms with Crippen molar-refractivity contribution in [2.45, 2.75) is 59.3 Å². The lowest BCUT2D eigenvalue weighted by Gasteiger charge is -2.34. The molecule has 0 aliphatic rings. The third-order valence-electron chi connectivity index (χ3n) is 3.15. The van der Waals surface area contributed by atoms with Crippen molar-refractivity contribution in [1.82, 2.24) is 0 Å². The van der Waals surface area contributed by atoms with E-state index in [1.165, 1.54) is 62.6 Å². The Balaban J connectivity index is -0.000000507. The second-order valence-electron chi connectivity index (χ2n) is 4.95. The minimum atomic E-state index is -0.500. The molecule has 0 aromatic rings. The molecule has 112 valence electrons. The van der Waals surface area contributed by atoms with E-state index in [4.69, 9.17) is 9.90 Å². The molecule has 4 heteroatoms. The molecule has 0 amide bonds. The first-order valence-corrected chi connectivity index (χ1v) is 6.99. The Bertz CT molecular complexity index is 141. The number of carbonyl (C=O) groups is 1. The van der Waals surface area contributed by atoms with Crippen LogP contribution in [0.5, 0.6) is 0 Å². The fourth-order valence-corrected chi connectivity index (χ4v) is 1.95. The first kappa shape index (κ1) is 22.6.